The first-order valence-electron chi connectivity index (χ1n) is 11.8. The lowest BCUT2D eigenvalue weighted by Crippen LogP contribution is -2.62. The maximum atomic E-state index is 11.8. The highest BCUT2D eigenvalue weighted by Gasteiger charge is 2.48. The molecule has 1 aliphatic rings. The number of carbonyl (C=O) groups excluding carboxylic acids is 1. The first-order valence-corrected chi connectivity index (χ1v) is 11.8. The molecule has 0 aromatic heterocycles. The summed E-state index contributed by atoms with van der Waals surface area (Å²) < 4.78 is 30.5. The van der Waals surface area contributed by atoms with Crippen molar-refractivity contribution in [2.45, 2.75) is 110 Å². The van der Waals surface area contributed by atoms with Gasteiger partial charge in [-0.1, -0.05) is 53.4 Å². The standard InChI is InChI=1S/C23H44O6/c1-5-9-13-25-18-20-22(27-15-11-7-3)23(28-16-12-8-4)21(19(17-24)29-20)26-14-10-6-2/h17,19-23H,5-16,18H2,1-4H3/t19-,20?,21?,22-,23-/m1/s1. The van der Waals surface area contributed by atoms with E-state index in [-0.39, 0.29) is 18.3 Å². The van der Waals surface area contributed by atoms with Crippen molar-refractivity contribution in [2.75, 3.05) is 33.0 Å². The Labute approximate surface area is 177 Å². The van der Waals surface area contributed by atoms with E-state index in [1.54, 1.807) is 0 Å². The average Bonchev–Trinajstić information content (AvgIpc) is 2.73. The molecule has 1 heterocycles. The van der Waals surface area contributed by atoms with Gasteiger partial charge in [0.1, 0.15) is 30.5 Å². The fourth-order valence-corrected chi connectivity index (χ4v) is 3.30. The Kier molecular flexibility index (Phi) is 15.7. The van der Waals surface area contributed by atoms with E-state index in [1.165, 1.54) is 0 Å². The minimum atomic E-state index is -0.663. The van der Waals surface area contributed by atoms with E-state index in [2.05, 4.69) is 27.7 Å². The van der Waals surface area contributed by atoms with Gasteiger partial charge in [-0.15, -0.1) is 0 Å². The minimum absolute atomic E-state index is 0.303. The number of aldehydes is 1. The van der Waals surface area contributed by atoms with E-state index in [4.69, 9.17) is 23.7 Å². The zero-order valence-corrected chi connectivity index (χ0v) is 19.1. The highest BCUT2D eigenvalue weighted by molar-refractivity contribution is 5.58. The molecule has 5 atom stereocenters. The summed E-state index contributed by atoms with van der Waals surface area (Å²) in [6, 6.07) is 0. The number of hydrogen-bond donors (Lipinski definition) is 0. The topological polar surface area (TPSA) is 63.2 Å². The van der Waals surface area contributed by atoms with Crippen molar-refractivity contribution in [1.82, 2.24) is 0 Å². The molecule has 2 unspecified atom stereocenters. The summed E-state index contributed by atoms with van der Waals surface area (Å²) in [6.45, 7) is 11.5. The van der Waals surface area contributed by atoms with Crippen LogP contribution in [0.1, 0.15) is 79.1 Å². The van der Waals surface area contributed by atoms with Crippen LogP contribution in [-0.4, -0.2) is 69.8 Å². The van der Waals surface area contributed by atoms with Crippen LogP contribution >= 0.6 is 0 Å². The van der Waals surface area contributed by atoms with Gasteiger partial charge >= 0.3 is 0 Å². The first kappa shape index (κ1) is 26.5. The molecule has 0 bridgehead atoms. The molecule has 6 heteroatoms. The number of hydrogen-bond acceptors (Lipinski definition) is 6. The summed E-state index contributed by atoms with van der Waals surface area (Å²) in [7, 11) is 0. The minimum Gasteiger partial charge on any atom is -0.379 e. The van der Waals surface area contributed by atoms with Gasteiger partial charge < -0.3 is 28.5 Å². The third-order valence-corrected chi connectivity index (χ3v) is 5.15. The molecule has 6 nitrogen and oxygen atoms in total. The lowest BCUT2D eigenvalue weighted by atomic mass is 9.94. The highest BCUT2D eigenvalue weighted by atomic mass is 16.6. The summed E-state index contributed by atoms with van der Waals surface area (Å²) >= 11 is 0. The molecule has 1 aliphatic heterocycles. The second-order valence-corrected chi connectivity index (χ2v) is 7.77. The Morgan fingerprint density at radius 1 is 0.690 bits per heavy atom. The van der Waals surface area contributed by atoms with Crippen molar-refractivity contribution >= 4 is 6.29 Å². The molecule has 0 amide bonds. The van der Waals surface area contributed by atoms with E-state index < -0.39 is 12.2 Å². The van der Waals surface area contributed by atoms with E-state index in [9.17, 15) is 4.79 Å². The average molecular weight is 417 g/mol. The quantitative estimate of drug-likeness (QED) is 0.245. The summed E-state index contributed by atoms with van der Waals surface area (Å²) in [5.41, 5.74) is 0. The predicted molar refractivity (Wildman–Crippen MR) is 114 cm³/mol. The van der Waals surface area contributed by atoms with Gasteiger partial charge in [-0.25, -0.2) is 0 Å². The number of rotatable bonds is 18. The smallest absolute Gasteiger partial charge is 0.151 e. The lowest BCUT2D eigenvalue weighted by Gasteiger charge is -2.44. The molecule has 0 aliphatic carbocycles. The van der Waals surface area contributed by atoms with Gasteiger partial charge in [0.05, 0.1) is 6.61 Å². The van der Waals surface area contributed by atoms with Crippen LogP contribution in [0.3, 0.4) is 0 Å². The summed E-state index contributed by atoms with van der Waals surface area (Å²) in [5.74, 6) is 0. The predicted octanol–water partition coefficient (Wildman–Crippen LogP) is 4.33. The van der Waals surface area contributed by atoms with Crippen LogP contribution in [0, 0.1) is 0 Å². The van der Waals surface area contributed by atoms with Gasteiger partial charge in [0.25, 0.3) is 0 Å². The maximum Gasteiger partial charge on any atom is 0.151 e. The molecule has 0 spiro atoms. The zero-order valence-electron chi connectivity index (χ0n) is 19.1. The molecule has 0 radical (unpaired) electrons. The molecule has 0 aromatic rings. The van der Waals surface area contributed by atoms with E-state index in [0.29, 0.717) is 33.0 Å². The number of carbonyl (C=O) groups is 1. The van der Waals surface area contributed by atoms with Crippen molar-refractivity contribution in [3.63, 3.8) is 0 Å². The van der Waals surface area contributed by atoms with E-state index >= 15 is 0 Å². The molecule has 1 rings (SSSR count). The molecule has 0 N–H and O–H groups in total. The largest absolute Gasteiger partial charge is 0.379 e. The summed E-state index contributed by atoms with van der Waals surface area (Å²) in [5, 5.41) is 0. The molecular weight excluding hydrogens is 372 g/mol. The van der Waals surface area contributed by atoms with Gasteiger partial charge in [0.2, 0.25) is 0 Å². The van der Waals surface area contributed by atoms with Crippen molar-refractivity contribution in [3.05, 3.63) is 0 Å². The van der Waals surface area contributed by atoms with Crippen molar-refractivity contribution in [2.24, 2.45) is 0 Å². The molecule has 1 saturated heterocycles. The Balaban J connectivity index is 2.94. The van der Waals surface area contributed by atoms with Gasteiger partial charge in [-0.2, -0.15) is 0 Å². The second-order valence-electron chi connectivity index (χ2n) is 7.77. The molecule has 29 heavy (non-hydrogen) atoms. The van der Waals surface area contributed by atoms with Crippen molar-refractivity contribution < 1.29 is 28.5 Å². The zero-order chi connectivity index (χ0) is 21.3. The maximum absolute atomic E-state index is 11.8. The first-order chi connectivity index (χ1) is 14.2. The third kappa shape index (κ3) is 9.88. The molecule has 1 fully saturated rings. The summed E-state index contributed by atoms with van der Waals surface area (Å²) in [4.78, 5) is 11.8. The SMILES string of the molecule is CCCCOCC1O[C@H](C=O)C(OCCCC)[C@@H](OCCCC)[C@@H]1OCCCC. The van der Waals surface area contributed by atoms with Crippen LogP contribution in [0.5, 0.6) is 0 Å². The van der Waals surface area contributed by atoms with Crippen molar-refractivity contribution in [1.29, 1.82) is 0 Å². The Bertz CT molecular complexity index is 392. The molecule has 172 valence electrons. The molecular formula is C23H44O6. The Hall–Kier alpha value is -0.530. The highest BCUT2D eigenvalue weighted by Crippen LogP contribution is 2.28. The van der Waals surface area contributed by atoms with Crippen LogP contribution in [0.15, 0.2) is 0 Å². The second kappa shape index (κ2) is 17.2. The van der Waals surface area contributed by atoms with Crippen LogP contribution in [0.2, 0.25) is 0 Å². The molecule has 0 saturated carbocycles. The Morgan fingerprint density at radius 2 is 1.17 bits per heavy atom. The third-order valence-electron chi connectivity index (χ3n) is 5.15. The number of ether oxygens (including phenoxy) is 5. The van der Waals surface area contributed by atoms with Crippen molar-refractivity contribution in [3.8, 4) is 0 Å². The lowest BCUT2D eigenvalue weighted by molar-refractivity contribution is -0.258. The van der Waals surface area contributed by atoms with Gasteiger partial charge in [0, 0.05) is 26.4 Å². The van der Waals surface area contributed by atoms with Crippen LogP contribution in [0.25, 0.3) is 0 Å². The van der Waals surface area contributed by atoms with Gasteiger partial charge in [0.15, 0.2) is 6.29 Å². The van der Waals surface area contributed by atoms with Crippen LogP contribution in [0.4, 0.5) is 0 Å². The normalized spacial score (nSPS) is 27.2. The fourth-order valence-electron chi connectivity index (χ4n) is 3.30. The van der Waals surface area contributed by atoms with E-state index in [1.807, 2.05) is 0 Å². The van der Waals surface area contributed by atoms with Crippen LogP contribution in [-0.2, 0) is 28.5 Å². The summed E-state index contributed by atoms with van der Waals surface area (Å²) in [6.07, 6.45) is 6.85. The van der Waals surface area contributed by atoms with Gasteiger partial charge in [-0.3, -0.25) is 0 Å². The van der Waals surface area contributed by atoms with E-state index in [0.717, 1.165) is 57.7 Å². The Morgan fingerprint density at radius 3 is 1.69 bits per heavy atom. The fraction of sp³-hybridized carbons (Fsp3) is 0.957. The monoisotopic (exact) mass is 416 g/mol. The van der Waals surface area contributed by atoms with Gasteiger partial charge in [-0.05, 0) is 25.7 Å². The number of unbranched alkanes of at least 4 members (excludes halogenated alkanes) is 4. The molecule has 0 aromatic carbocycles. The van der Waals surface area contributed by atoms with Crippen LogP contribution < -0.4 is 0 Å².